The number of aryl methyl sites for hydroxylation is 2. The average molecular weight is 383 g/mol. The third-order valence-corrected chi connectivity index (χ3v) is 4.94. The summed E-state index contributed by atoms with van der Waals surface area (Å²) in [6.07, 6.45) is 9.56. The molecule has 0 aromatic heterocycles. The van der Waals surface area contributed by atoms with Gasteiger partial charge in [0.1, 0.15) is 0 Å². The van der Waals surface area contributed by atoms with E-state index in [1.807, 2.05) is 48.5 Å². The number of rotatable bonds is 13. The van der Waals surface area contributed by atoms with Gasteiger partial charge in [0.2, 0.25) is 0 Å². The van der Waals surface area contributed by atoms with Gasteiger partial charge in [0.15, 0.2) is 0 Å². The number of carboxylic acids is 2. The van der Waals surface area contributed by atoms with Gasteiger partial charge in [0.25, 0.3) is 0 Å². The second kappa shape index (κ2) is 12.0. The molecule has 0 radical (unpaired) electrons. The molecular weight excluding hydrogens is 352 g/mol. The van der Waals surface area contributed by atoms with Crippen molar-refractivity contribution in [1.82, 2.24) is 0 Å². The van der Waals surface area contributed by atoms with Crippen LogP contribution in [0.15, 0.2) is 48.5 Å². The molecule has 0 aliphatic rings. The van der Waals surface area contributed by atoms with E-state index in [9.17, 15) is 9.59 Å². The van der Waals surface area contributed by atoms with Crippen molar-refractivity contribution >= 4 is 11.9 Å². The predicted octanol–water partition coefficient (Wildman–Crippen LogP) is 5.07. The maximum Gasteiger partial charge on any atom is 0.307 e. The minimum Gasteiger partial charge on any atom is -0.481 e. The second-order valence-electron chi connectivity index (χ2n) is 7.40. The normalized spacial score (nSPS) is 10.7. The predicted molar refractivity (Wildman–Crippen MR) is 111 cm³/mol. The smallest absolute Gasteiger partial charge is 0.307 e. The van der Waals surface area contributed by atoms with Gasteiger partial charge in [0, 0.05) is 0 Å². The van der Waals surface area contributed by atoms with E-state index in [1.54, 1.807) is 0 Å². The van der Waals surface area contributed by atoms with E-state index in [0.29, 0.717) is 0 Å². The fourth-order valence-electron chi connectivity index (χ4n) is 3.36. The topological polar surface area (TPSA) is 74.6 Å². The Hall–Kier alpha value is -2.62. The molecule has 0 amide bonds. The highest BCUT2D eigenvalue weighted by Crippen LogP contribution is 2.14. The highest BCUT2D eigenvalue weighted by molar-refractivity contribution is 5.70. The molecule has 2 rings (SSSR count). The van der Waals surface area contributed by atoms with Crippen LogP contribution in [-0.4, -0.2) is 22.2 Å². The first-order valence-electron chi connectivity index (χ1n) is 10.1. The number of hydrogen-bond acceptors (Lipinski definition) is 2. The fourth-order valence-corrected chi connectivity index (χ4v) is 3.36. The van der Waals surface area contributed by atoms with E-state index in [0.717, 1.165) is 24.0 Å². The van der Waals surface area contributed by atoms with Crippen LogP contribution in [0.2, 0.25) is 0 Å². The standard InChI is InChI=1S/C24H30O4/c25-23(26)17-21-13-9-19(10-14-21)7-5-3-1-2-4-6-8-20-11-15-22(16-12-20)18-24(27)28/h9-16H,1-8,17-18H2,(H,25,26)(H,27,28). The molecule has 0 atom stereocenters. The summed E-state index contributed by atoms with van der Waals surface area (Å²) in [4.78, 5) is 21.4. The second-order valence-corrected chi connectivity index (χ2v) is 7.40. The quantitative estimate of drug-likeness (QED) is 0.475. The van der Waals surface area contributed by atoms with Gasteiger partial charge < -0.3 is 10.2 Å². The van der Waals surface area contributed by atoms with Crippen LogP contribution in [0, 0.1) is 0 Å². The summed E-state index contributed by atoms with van der Waals surface area (Å²) in [6.45, 7) is 0. The lowest BCUT2D eigenvalue weighted by molar-refractivity contribution is -0.137. The van der Waals surface area contributed by atoms with Crippen molar-refractivity contribution in [3.05, 3.63) is 70.8 Å². The summed E-state index contributed by atoms with van der Waals surface area (Å²) in [5, 5.41) is 17.6. The van der Waals surface area contributed by atoms with Crippen LogP contribution in [0.25, 0.3) is 0 Å². The maximum absolute atomic E-state index is 10.7. The van der Waals surface area contributed by atoms with Crippen LogP contribution in [0.4, 0.5) is 0 Å². The van der Waals surface area contributed by atoms with E-state index < -0.39 is 11.9 Å². The van der Waals surface area contributed by atoms with Crippen LogP contribution in [0.5, 0.6) is 0 Å². The molecule has 150 valence electrons. The van der Waals surface area contributed by atoms with Crippen LogP contribution in [0.1, 0.15) is 60.8 Å². The van der Waals surface area contributed by atoms with Crippen molar-refractivity contribution in [2.75, 3.05) is 0 Å². The number of hydrogen-bond donors (Lipinski definition) is 2. The van der Waals surface area contributed by atoms with Gasteiger partial charge >= 0.3 is 11.9 Å². The third-order valence-electron chi connectivity index (χ3n) is 4.94. The Balaban J connectivity index is 1.51. The van der Waals surface area contributed by atoms with Crippen molar-refractivity contribution in [3.8, 4) is 0 Å². The lowest BCUT2D eigenvalue weighted by Crippen LogP contribution is -1.99. The first kappa shape index (κ1) is 21.7. The number of benzene rings is 2. The molecule has 0 aliphatic heterocycles. The van der Waals surface area contributed by atoms with Crippen molar-refractivity contribution in [3.63, 3.8) is 0 Å². The molecule has 0 heterocycles. The van der Waals surface area contributed by atoms with Crippen molar-refractivity contribution < 1.29 is 19.8 Å². The van der Waals surface area contributed by atoms with Crippen LogP contribution in [-0.2, 0) is 35.3 Å². The SMILES string of the molecule is O=C(O)Cc1ccc(CCCCCCCCc2ccc(CC(=O)O)cc2)cc1. The molecule has 0 aliphatic carbocycles. The highest BCUT2D eigenvalue weighted by atomic mass is 16.4. The molecule has 0 fully saturated rings. The lowest BCUT2D eigenvalue weighted by atomic mass is 10.0. The van der Waals surface area contributed by atoms with Crippen LogP contribution in [0.3, 0.4) is 0 Å². The zero-order valence-electron chi connectivity index (χ0n) is 16.4. The zero-order valence-corrected chi connectivity index (χ0v) is 16.4. The van der Waals surface area contributed by atoms with Crippen LogP contribution >= 0.6 is 0 Å². The number of carbonyl (C=O) groups is 2. The Bertz CT molecular complexity index is 667. The monoisotopic (exact) mass is 382 g/mol. The molecule has 2 aromatic rings. The minimum absolute atomic E-state index is 0.0900. The summed E-state index contributed by atoms with van der Waals surface area (Å²) < 4.78 is 0. The first-order valence-corrected chi connectivity index (χ1v) is 10.1. The van der Waals surface area contributed by atoms with Gasteiger partial charge in [0.05, 0.1) is 12.8 Å². The Kier molecular flexibility index (Phi) is 9.26. The van der Waals surface area contributed by atoms with Crippen molar-refractivity contribution in [2.45, 2.75) is 64.2 Å². The molecule has 0 saturated carbocycles. The molecule has 2 N–H and O–H groups in total. The highest BCUT2D eigenvalue weighted by Gasteiger charge is 2.02. The molecule has 0 unspecified atom stereocenters. The van der Waals surface area contributed by atoms with Gasteiger partial charge in [-0.3, -0.25) is 9.59 Å². The van der Waals surface area contributed by atoms with Gasteiger partial charge in [-0.15, -0.1) is 0 Å². The lowest BCUT2D eigenvalue weighted by Gasteiger charge is -2.05. The summed E-state index contributed by atoms with van der Waals surface area (Å²) in [5.74, 6) is -1.58. The Morgan fingerprint density at radius 3 is 1.11 bits per heavy atom. The van der Waals surface area contributed by atoms with E-state index in [4.69, 9.17) is 10.2 Å². The van der Waals surface area contributed by atoms with Gasteiger partial charge in [-0.2, -0.15) is 0 Å². The Labute approximate surface area is 167 Å². The molecular formula is C24H30O4. The average Bonchev–Trinajstić information content (AvgIpc) is 2.65. The number of carboxylic acid groups (broad SMARTS) is 2. The van der Waals surface area contributed by atoms with E-state index in [1.165, 1.54) is 49.7 Å². The summed E-state index contributed by atoms with van der Waals surface area (Å²) in [6, 6.07) is 15.8. The van der Waals surface area contributed by atoms with Gasteiger partial charge in [-0.25, -0.2) is 0 Å². The molecule has 0 saturated heterocycles. The zero-order chi connectivity index (χ0) is 20.2. The van der Waals surface area contributed by atoms with E-state index >= 15 is 0 Å². The summed E-state index contributed by atoms with van der Waals surface area (Å²) >= 11 is 0. The van der Waals surface area contributed by atoms with E-state index in [2.05, 4.69) is 0 Å². The van der Waals surface area contributed by atoms with Gasteiger partial charge in [-0.1, -0.05) is 74.2 Å². The molecule has 4 nitrogen and oxygen atoms in total. The summed E-state index contributed by atoms with van der Waals surface area (Å²) in [5.41, 5.74) is 4.27. The van der Waals surface area contributed by atoms with E-state index in [-0.39, 0.29) is 12.8 Å². The van der Waals surface area contributed by atoms with Crippen molar-refractivity contribution in [1.29, 1.82) is 0 Å². The molecule has 2 aromatic carbocycles. The maximum atomic E-state index is 10.7. The molecule has 0 spiro atoms. The Morgan fingerprint density at radius 2 is 0.786 bits per heavy atom. The van der Waals surface area contributed by atoms with Gasteiger partial charge in [-0.05, 0) is 47.9 Å². The Morgan fingerprint density at radius 1 is 0.500 bits per heavy atom. The first-order chi connectivity index (χ1) is 13.5. The molecule has 4 heteroatoms. The summed E-state index contributed by atoms with van der Waals surface area (Å²) in [7, 11) is 0. The molecule has 0 bridgehead atoms. The largest absolute Gasteiger partial charge is 0.481 e. The van der Waals surface area contributed by atoms with Crippen molar-refractivity contribution in [2.24, 2.45) is 0 Å². The number of unbranched alkanes of at least 4 members (excludes halogenated alkanes) is 5. The minimum atomic E-state index is -0.789. The van der Waals surface area contributed by atoms with Crippen LogP contribution < -0.4 is 0 Å². The molecule has 28 heavy (non-hydrogen) atoms. The fraction of sp³-hybridized carbons (Fsp3) is 0.417. The number of aliphatic carboxylic acids is 2. The third kappa shape index (κ3) is 8.85.